The van der Waals surface area contributed by atoms with Crippen LogP contribution in [0.2, 0.25) is 0 Å². The van der Waals surface area contributed by atoms with Gasteiger partial charge < -0.3 is 5.32 Å². The molecule has 3 aromatic rings. The Morgan fingerprint density at radius 3 is 2.73 bits per heavy atom. The first-order valence-corrected chi connectivity index (χ1v) is 7.78. The highest BCUT2D eigenvalue weighted by molar-refractivity contribution is 9.10. The Kier molecular flexibility index (Phi) is 3.74. The standard InChI is InChI=1S/C17H16BrN3O/c1-10-6-7-14(13(18)9-10)20-17(22)15-12(3)19-16-11(2)5-4-8-21(15)16/h4-9H,1-3H3,(H,20,22). The van der Waals surface area contributed by atoms with Gasteiger partial charge in [-0.15, -0.1) is 0 Å². The summed E-state index contributed by atoms with van der Waals surface area (Å²) < 4.78 is 2.70. The average Bonchev–Trinajstić information content (AvgIpc) is 2.80. The molecular formula is C17H16BrN3O. The van der Waals surface area contributed by atoms with Gasteiger partial charge in [0.2, 0.25) is 0 Å². The maximum atomic E-state index is 12.7. The minimum absolute atomic E-state index is 0.167. The lowest BCUT2D eigenvalue weighted by molar-refractivity contribution is 0.102. The number of carbonyl (C=O) groups is 1. The van der Waals surface area contributed by atoms with Gasteiger partial charge in [-0.1, -0.05) is 12.1 Å². The summed E-state index contributed by atoms with van der Waals surface area (Å²) in [7, 11) is 0. The molecule has 0 unspecified atom stereocenters. The zero-order chi connectivity index (χ0) is 15.9. The van der Waals surface area contributed by atoms with Gasteiger partial charge >= 0.3 is 0 Å². The van der Waals surface area contributed by atoms with Gasteiger partial charge in [-0.2, -0.15) is 0 Å². The van der Waals surface area contributed by atoms with Gasteiger partial charge in [0, 0.05) is 10.7 Å². The van der Waals surface area contributed by atoms with Crippen molar-refractivity contribution < 1.29 is 4.79 Å². The van der Waals surface area contributed by atoms with Crippen LogP contribution in [0.5, 0.6) is 0 Å². The summed E-state index contributed by atoms with van der Waals surface area (Å²) in [5.41, 5.74) is 5.01. The molecule has 2 heterocycles. The van der Waals surface area contributed by atoms with E-state index in [1.165, 1.54) is 0 Å². The number of aromatic nitrogens is 2. The van der Waals surface area contributed by atoms with E-state index in [0.29, 0.717) is 5.69 Å². The third-order valence-corrected chi connectivity index (χ3v) is 4.26. The van der Waals surface area contributed by atoms with Crippen LogP contribution in [0.3, 0.4) is 0 Å². The lowest BCUT2D eigenvalue weighted by Crippen LogP contribution is -2.16. The van der Waals surface area contributed by atoms with Crippen molar-refractivity contribution in [1.29, 1.82) is 0 Å². The number of amides is 1. The molecule has 5 heteroatoms. The van der Waals surface area contributed by atoms with Gasteiger partial charge in [-0.05, 0) is 66.0 Å². The average molecular weight is 358 g/mol. The minimum Gasteiger partial charge on any atom is -0.320 e. The van der Waals surface area contributed by atoms with Crippen molar-refractivity contribution in [3.8, 4) is 0 Å². The second kappa shape index (κ2) is 5.57. The number of hydrogen-bond donors (Lipinski definition) is 1. The van der Waals surface area contributed by atoms with Gasteiger partial charge in [0.1, 0.15) is 11.3 Å². The number of anilines is 1. The van der Waals surface area contributed by atoms with Crippen LogP contribution in [0.4, 0.5) is 5.69 Å². The number of aryl methyl sites for hydroxylation is 3. The highest BCUT2D eigenvalue weighted by Gasteiger charge is 2.18. The Morgan fingerprint density at radius 2 is 2.00 bits per heavy atom. The number of pyridine rings is 1. The molecule has 0 saturated carbocycles. The van der Waals surface area contributed by atoms with Crippen molar-refractivity contribution in [2.45, 2.75) is 20.8 Å². The van der Waals surface area contributed by atoms with Crippen molar-refractivity contribution in [2.75, 3.05) is 5.32 Å². The summed E-state index contributed by atoms with van der Waals surface area (Å²) in [6, 6.07) is 9.73. The first-order valence-electron chi connectivity index (χ1n) is 6.99. The number of carbonyl (C=O) groups excluding carboxylic acids is 1. The maximum Gasteiger partial charge on any atom is 0.274 e. The Hall–Kier alpha value is -2.14. The van der Waals surface area contributed by atoms with E-state index >= 15 is 0 Å². The second-order valence-corrected chi connectivity index (χ2v) is 6.22. The number of hydrogen-bond acceptors (Lipinski definition) is 2. The van der Waals surface area contributed by atoms with Gasteiger partial charge in [-0.3, -0.25) is 9.20 Å². The summed E-state index contributed by atoms with van der Waals surface area (Å²) >= 11 is 3.48. The third-order valence-electron chi connectivity index (χ3n) is 3.61. The van der Waals surface area contributed by atoms with Crippen LogP contribution in [0.1, 0.15) is 27.3 Å². The predicted octanol–water partition coefficient (Wildman–Crippen LogP) is 4.27. The van der Waals surface area contributed by atoms with E-state index in [0.717, 1.165) is 32.6 Å². The SMILES string of the molecule is Cc1ccc(NC(=O)c2c(C)nc3c(C)cccn23)c(Br)c1. The molecule has 0 radical (unpaired) electrons. The fraction of sp³-hybridized carbons (Fsp3) is 0.176. The molecule has 0 aliphatic carbocycles. The van der Waals surface area contributed by atoms with Crippen molar-refractivity contribution in [3.05, 3.63) is 63.5 Å². The zero-order valence-corrected chi connectivity index (χ0v) is 14.2. The van der Waals surface area contributed by atoms with E-state index in [1.54, 1.807) is 0 Å². The molecule has 0 spiro atoms. The smallest absolute Gasteiger partial charge is 0.274 e. The van der Waals surface area contributed by atoms with Gasteiger partial charge in [0.25, 0.3) is 5.91 Å². The Bertz CT molecular complexity index is 883. The number of benzene rings is 1. The highest BCUT2D eigenvalue weighted by Crippen LogP contribution is 2.24. The van der Waals surface area contributed by atoms with Crippen molar-refractivity contribution in [3.63, 3.8) is 0 Å². The number of imidazole rings is 1. The molecule has 22 heavy (non-hydrogen) atoms. The Labute approximate surface area is 137 Å². The molecule has 0 bridgehead atoms. The Morgan fingerprint density at radius 1 is 1.23 bits per heavy atom. The summed E-state index contributed by atoms with van der Waals surface area (Å²) in [5, 5.41) is 2.95. The van der Waals surface area contributed by atoms with E-state index in [-0.39, 0.29) is 5.91 Å². The fourth-order valence-electron chi connectivity index (χ4n) is 2.49. The molecule has 1 N–H and O–H groups in total. The van der Waals surface area contributed by atoms with E-state index in [2.05, 4.69) is 26.2 Å². The van der Waals surface area contributed by atoms with E-state index in [1.807, 2.05) is 61.7 Å². The number of nitrogens with zero attached hydrogens (tertiary/aromatic N) is 2. The number of halogens is 1. The third kappa shape index (κ3) is 2.52. The van der Waals surface area contributed by atoms with Crippen LogP contribution in [0, 0.1) is 20.8 Å². The summed E-state index contributed by atoms with van der Waals surface area (Å²) in [5.74, 6) is -0.167. The molecule has 2 aromatic heterocycles. The normalized spacial score (nSPS) is 10.9. The van der Waals surface area contributed by atoms with Crippen LogP contribution < -0.4 is 5.32 Å². The highest BCUT2D eigenvalue weighted by atomic mass is 79.9. The lowest BCUT2D eigenvalue weighted by atomic mass is 10.2. The second-order valence-electron chi connectivity index (χ2n) is 5.37. The van der Waals surface area contributed by atoms with Crippen molar-refractivity contribution in [2.24, 2.45) is 0 Å². The van der Waals surface area contributed by atoms with E-state index < -0.39 is 0 Å². The molecule has 0 atom stereocenters. The van der Waals surface area contributed by atoms with E-state index in [4.69, 9.17) is 0 Å². The lowest BCUT2D eigenvalue weighted by Gasteiger charge is -2.09. The van der Waals surface area contributed by atoms with Crippen LogP contribution in [0.15, 0.2) is 41.0 Å². The molecule has 1 amide bonds. The van der Waals surface area contributed by atoms with E-state index in [9.17, 15) is 4.79 Å². The molecule has 4 nitrogen and oxygen atoms in total. The van der Waals surface area contributed by atoms with Gasteiger partial charge in [0.05, 0.1) is 11.4 Å². The maximum absolute atomic E-state index is 12.7. The fourth-order valence-corrected chi connectivity index (χ4v) is 3.09. The molecule has 1 aromatic carbocycles. The van der Waals surface area contributed by atoms with Crippen molar-refractivity contribution >= 4 is 33.2 Å². The molecule has 0 aliphatic heterocycles. The molecule has 112 valence electrons. The molecular weight excluding hydrogens is 342 g/mol. The quantitative estimate of drug-likeness (QED) is 0.744. The topological polar surface area (TPSA) is 46.4 Å². The summed E-state index contributed by atoms with van der Waals surface area (Å²) in [4.78, 5) is 17.2. The first kappa shape index (κ1) is 14.8. The molecule has 0 aliphatic rings. The van der Waals surface area contributed by atoms with Crippen LogP contribution in [-0.4, -0.2) is 15.3 Å². The number of nitrogens with one attached hydrogen (secondary N) is 1. The minimum atomic E-state index is -0.167. The Balaban J connectivity index is 2.02. The van der Waals surface area contributed by atoms with Crippen molar-refractivity contribution in [1.82, 2.24) is 9.38 Å². The van der Waals surface area contributed by atoms with Gasteiger partial charge in [-0.25, -0.2) is 4.98 Å². The molecule has 0 fully saturated rings. The van der Waals surface area contributed by atoms with Crippen LogP contribution in [-0.2, 0) is 0 Å². The molecule has 0 saturated heterocycles. The number of rotatable bonds is 2. The monoisotopic (exact) mass is 357 g/mol. The van der Waals surface area contributed by atoms with Crippen LogP contribution in [0.25, 0.3) is 5.65 Å². The first-order chi connectivity index (χ1) is 10.5. The van der Waals surface area contributed by atoms with Crippen LogP contribution >= 0.6 is 15.9 Å². The zero-order valence-electron chi connectivity index (χ0n) is 12.6. The summed E-state index contributed by atoms with van der Waals surface area (Å²) in [6.07, 6.45) is 1.86. The number of fused-ring (bicyclic) bond motifs is 1. The summed E-state index contributed by atoms with van der Waals surface area (Å²) in [6.45, 7) is 5.85. The molecule has 3 rings (SSSR count). The predicted molar refractivity (Wildman–Crippen MR) is 91.5 cm³/mol. The van der Waals surface area contributed by atoms with Gasteiger partial charge in [0.15, 0.2) is 0 Å². The largest absolute Gasteiger partial charge is 0.320 e.